The number of benzene rings is 3. The van der Waals surface area contributed by atoms with Crippen molar-refractivity contribution in [1.29, 1.82) is 0 Å². The van der Waals surface area contributed by atoms with Crippen molar-refractivity contribution in [3.8, 4) is 17.6 Å². The van der Waals surface area contributed by atoms with Crippen LogP contribution < -0.4 is 174 Å². The molecule has 6 aromatic heterocycles. The molecule has 32 nitrogen and oxygen atoms in total. The van der Waals surface area contributed by atoms with Gasteiger partial charge in [-0.15, -0.1) is 0 Å². The molecule has 6 N–H and O–H groups in total. The smallest absolute Gasteiger partial charge is 1.00 e. The van der Waals surface area contributed by atoms with Crippen molar-refractivity contribution in [1.82, 2.24) is 35.9 Å². The third-order valence-electron chi connectivity index (χ3n) is 10.4. The quantitative estimate of drug-likeness (QED) is 0.00961. The Morgan fingerprint density at radius 1 is 0.674 bits per heavy atom. The number of nitrogens with one attached hydrogen (secondary N) is 1. The number of oxime groups is 2. The summed E-state index contributed by atoms with van der Waals surface area (Å²) in [6, 6.07) is 32.1. The van der Waals surface area contributed by atoms with Crippen LogP contribution in [0.1, 0.15) is 72.0 Å². The fraction of sp³-hybridized carbons (Fsp3) is 0.182. The number of pyridine rings is 3. The number of alkyl halides is 1. The number of amidine groups is 3. The largest absolute Gasteiger partial charge is 1.00 e. The van der Waals surface area contributed by atoms with Crippen molar-refractivity contribution >= 4 is 158 Å². The minimum absolute atomic E-state index is 0. The zero-order valence-corrected chi connectivity index (χ0v) is 66.2. The van der Waals surface area contributed by atoms with Gasteiger partial charge in [-0.05, 0) is 128 Å². The van der Waals surface area contributed by atoms with Crippen LogP contribution in [0.15, 0.2) is 151 Å². The Kier molecular flexibility index (Phi) is 45.2. The fourth-order valence-electron chi connectivity index (χ4n) is 6.61. The molecule has 3 aromatic carbocycles. The number of aromatic nitrogens is 6. The number of Topliss-reactive ketones (excluding diaryl/α,β-unsaturated/α-hetero) is 2. The second kappa shape index (κ2) is 48.1. The summed E-state index contributed by atoms with van der Waals surface area (Å²) in [7, 11) is 4.54. The van der Waals surface area contributed by atoms with Gasteiger partial charge in [0.05, 0.1) is 50.9 Å². The summed E-state index contributed by atoms with van der Waals surface area (Å²) in [5, 5.41) is 46.5. The van der Waals surface area contributed by atoms with E-state index in [9.17, 15) is 19.2 Å². The van der Waals surface area contributed by atoms with Crippen LogP contribution in [0.5, 0.6) is 17.6 Å². The van der Waals surface area contributed by atoms with Crippen molar-refractivity contribution < 1.29 is 230 Å². The number of carboxylic acids is 1. The molecule has 1 aliphatic heterocycles. The number of halogens is 4. The second-order valence-electron chi connectivity index (χ2n) is 16.6. The van der Waals surface area contributed by atoms with E-state index in [0.717, 1.165) is 47.3 Å². The van der Waals surface area contributed by atoms with Crippen LogP contribution in [0.25, 0.3) is 32.9 Å². The summed E-state index contributed by atoms with van der Waals surface area (Å²) >= 11 is 13.0. The van der Waals surface area contributed by atoms with Crippen molar-refractivity contribution in [3.63, 3.8) is 0 Å². The van der Waals surface area contributed by atoms with E-state index in [0.29, 0.717) is 78.4 Å². The Bertz CT molecular complexity index is 4030. The molecule has 0 amide bonds. The molecular formula is C55H51BBr4K2N12NaO20. The first kappa shape index (κ1) is 89.3. The fourth-order valence-corrected chi connectivity index (χ4v) is 8.02. The summed E-state index contributed by atoms with van der Waals surface area (Å²) in [6.07, 6.45) is 0. The van der Waals surface area contributed by atoms with Crippen LogP contribution in [0, 0.1) is 0 Å². The number of nitrogens with zero attached hydrogens (tertiary/aromatic N) is 9. The molecule has 0 bridgehead atoms. The van der Waals surface area contributed by atoms with E-state index in [1.54, 1.807) is 61.7 Å². The van der Waals surface area contributed by atoms with Gasteiger partial charge < -0.3 is 70.8 Å². The summed E-state index contributed by atoms with van der Waals surface area (Å²) in [4.78, 5) is 98.7. The van der Waals surface area contributed by atoms with Gasteiger partial charge in [0, 0.05) is 33.6 Å². The number of nitrogens with two attached hydrogens (primary N) is 2. The second-order valence-corrected chi connectivity index (χ2v) is 19.8. The number of hydroxylamine groups is 1. The molecule has 40 heteroatoms. The number of aliphatic carboxylic acids is 1. The first-order valence-electron chi connectivity index (χ1n) is 25.1. The number of para-hydroxylation sites is 3. The number of ketones is 2. The number of carboxylic acid groups (broad SMARTS) is 1. The van der Waals surface area contributed by atoms with Gasteiger partial charge in [0.25, 0.3) is 6.47 Å². The molecule has 0 fully saturated rings. The van der Waals surface area contributed by atoms with Gasteiger partial charge in [-0.2, -0.15) is 0 Å². The minimum Gasteiger partial charge on any atom is -1.00 e. The average Bonchev–Trinajstić information content (AvgIpc) is 1.59. The van der Waals surface area contributed by atoms with E-state index in [2.05, 4.69) is 130 Å². The normalized spacial score (nSPS) is 11.6. The molecule has 0 saturated heterocycles. The molecule has 0 aliphatic carbocycles. The van der Waals surface area contributed by atoms with E-state index < -0.39 is 17.9 Å². The number of hydrogen-bond acceptors (Lipinski definition) is 30. The van der Waals surface area contributed by atoms with Crippen molar-refractivity contribution in [2.45, 2.75) is 26.8 Å². The summed E-state index contributed by atoms with van der Waals surface area (Å²) < 4.78 is 32.8. The summed E-state index contributed by atoms with van der Waals surface area (Å²) in [6.45, 7) is 3.10. The maximum atomic E-state index is 12.2. The molecule has 10 rings (SSSR count). The molecule has 3 radical (unpaired) electrons. The van der Waals surface area contributed by atoms with E-state index in [1.807, 2.05) is 54.6 Å². The van der Waals surface area contributed by atoms with Gasteiger partial charge in [-0.3, -0.25) is 24.2 Å². The summed E-state index contributed by atoms with van der Waals surface area (Å²) in [5.74, 6) is -1.08. The average molecular weight is 1630 g/mol. The SMILES string of the molecule is CC(=O)OOC(C)=O.CC(=O)[O-].COc1nc(/C(N)=N/O)ccc1Br.COc1nc(/C(N)=N/OCC(=O)c2noc3ccccc23)ccc1Br.COc1nc(C2=NC(c3noc4ccccc34)CON2)ccc1Br.O=C(CBr)c1noc2ccccc12.O=CO[O-].[B].[H-].[K+].[K+].[Na+]. The molecule has 485 valence electrons. The van der Waals surface area contributed by atoms with Crippen LogP contribution in [-0.4, -0.2) is 137 Å². The van der Waals surface area contributed by atoms with Crippen molar-refractivity contribution in [3.05, 3.63) is 157 Å². The Hall–Kier alpha value is -5.67. The van der Waals surface area contributed by atoms with E-state index in [-0.39, 0.29) is 196 Å². The number of fused-ring (bicyclic) bond motifs is 3. The molecule has 0 spiro atoms. The van der Waals surface area contributed by atoms with Crippen LogP contribution in [-0.2, 0) is 43.5 Å². The number of carbonyl (C=O) groups is 6. The molecule has 1 aliphatic rings. The standard InChI is InChI=1S/C16H13BrN4O4.C16H13BrN4O3.C9H6BrNO2.C7H8BrN3O2.C4H6O4.C2H4O2.CH2O3.B.2K.Na.H/c1-23-16-10(17)6-7-11(19-16)15(18)21-24-8-12(22)14-9-4-2-3-5-13(9)25-20-14;1-22-16-10(17)6-7-11(19-16)15-18-12(8-23-21-15)14-9-4-2-3-5-13(9)24-20-14;10-5-7(12)9-6-3-1-2-4-8(6)13-11-9;1-13-7-4(8)2-3-5(10-7)6(9)11-12;1-3(5)7-8-4(2)6;1-2(3)4;2-1-4-3;;;;;/h2-7H,8H2,1H3,(H2,18,21);2-7,12H,8H2,1H3,(H,18,21);1-4H,5H2;2-3,12H,1H3,(H2,9,11);1-2H3;1H3,(H,3,4);1,3H;;;;;/q;;;;;;;;3*+1;-1/p-2. The van der Waals surface area contributed by atoms with Crippen LogP contribution in [0.3, 0.4) is 0 Å². The van der Waals surface area contributed by atoms with Crippen molar-refractivity contribution in [2.24, 2.45) is 26.8 Å². The van der Waals surface area contributed by atoms with Gasteiger partial charge in [-0.25, -0.2) is 39.8 Å². The van der Waals surface area contributed by atoms with Gasteiger partial charge in [-0.1, -0.05) is 78.1 Å². The van der Waals surface area contributed by atoms with Crippen LogP contribution in [0.2, 0.25) is 0 Å². The Balaban J connectivity index is 0. The molecule has 0 saturated carbocycles. The van der Waals surface area contributed by atoms with Crippen molar-refractivity contribution in [2.75, 3.05) is 39.9 Å². The predicted octanol–water partition coefficient (Wildman–Crippen LogP) is -3.15. The zero-order chi connectivity index (χ0) is 67.0. The number of ether oxygens (including phenoxy) is 3. The van der Waals surface area contributed by atoms with E-state index >= 15 is 0 Å². The molecule has 1 atom stereocenters. The summed E-state index contributed by atoms with van der Waals surface area (Å²) in [5.41, 5.74) is 18.5. The third-order valence-corrected chi connectivity index (χ3v) is 12.7. The number of rotatable bonds is 14. The molecular weight excluding hydrogens is 1580 g/mol. The van der Waals surface area contributed by atoms with Gasteiger partial charge >= 0.3 is 144 Å². The molecule has 95 heavy (non-hydrogen) atoms. The van der Waals surface area contributed by atoms with Gasteiger partial charge in [0.1, 0.15) is 35.4 Å². The third kappa shape index (κ3) is 29.5. The predicted molar refractivity (Wildman–Crippen MR) is 336 cm³/mol. The number of aliphatic imine (C=N–C) groups is 1. The Labute approximate surface area is 683 Å². The van der Waals surface area contributed by atoms with E-state index in [4.69, 9.17) is 74.1 Å². The Morgan fingerprint density at radius 2 is 1.08 bits per heavy atom. The number of carbonyl (C=O) groups excluding carboxylic acids is 6. The molecule has 9 aromatic rings. The first-order valence-corrected chi connectivity index (χ1v) is 28.6. The van der Waals surface area contributed by atoms with Gasteiger partial charge in [0.15, 0.2) is 58.0 Å². The van der Waals surface area contributed by atoms with E-state index in [1.165, 1.54) is 14.2 Å². The molecule has 7 heterocycles. The molecule has 1 unspecified atom stereocenters. The Morgan fingerprint density at radius 3 is 1.53 bits per heavy atom. The maximum Gasteiger partial charge on any atom is 1.00 e. The maximum absolute atomic E-state index is 12.2. The van der Waals surface area contributed by atoms with Crippen LogP contribution in [0.4, 0.5) is 0 Å². The number of hydrogen-bond donors (Lipinski definition) is 4. The monoisotopic (exact) mass is 1630 g/mol. The topological polar surface area (TPSA) is 461 Å². The first-order chi connectivity index (χ1) is 43.6. The van der Waals surface area contributed by atoms with Gasteiger partial charge in [0.2, 0.25) is 23.4 Å². The zero-order valence-electron chi connectivity index (χ0n) is 52.6. The minimum atomic E-state index is -1.08. The van der Waals surface area contributed by atoms with Crippen LogP contribution >= 0.6 is 63.7 Å². The number of methoxy groups -OCH3 is 3.